The fourth-order valence-electron chi connectivity index (χ4n) is 4.56. The molecular formula is C27H31FN2O5. The summed E-state index contributed by atoms with van der Waals surface area (Å²) in [6, 6.07) is 10.2. The maximum absolute atomic E-state index is 15.0. The predicted molar refractivity (Wildman–Crippen MR) is 130 cm³/mol. The number of aliphatic hydroxyl groups excluding tert-OH is 1. The van der Waals surface area contributed by atoms with Crippen molar-refractivity contribution >= 4 is 17.4 Å². The van der Waals surface area contributed by atoms with E-state index >= 15 is 0 Å². The number of morpholine rings is 1. The molecule has 35 heavy (non-hydrogen) atoms. The van der Waals surface area contributed by atoms with Gasteiger partial charge >= 0.3 is 0 Å². The Labute approximate surface area is 204 Å². The van der Waals surface area contributed by atoms with E-state index in [1.165, 1.54) is 11.0 Å². The summed E-state index contributed by atoms with van der Waals surface area (Å²) in [5, 5.41) is 11.3. The number of aliphatic hydroxyl groups is 1. The van der Waals surface area contributed by atoms with E-state index in [4.69, 9.17) is 9.47 Å². The monoisotopic (exact) mass is 482 g/mol. The number of nitrogens with zero attached hydrogens (tertiary/aromatic N) is 2. The first kappa shape index (κ1) is 24.9. The SMILES string of the molecule is CCCOc1ccc(C(O)=C2C(=O)C(=O)N(CCN3CCOCC3)[C@H]2c2ccccc2F)c(C)c1. The van der Waals surface area contributed by atoms with Crippen LogP contribution in [0.15, 0.2) is 48.0 Å². The van der Waals surface area contributed by atoms with E-state index in [-0.39, 0.29) is 23.4 Å². The molecular weight excluding hydrogens is 451 g/mol. The number of carbonyl (C=O) groups excluding carboxylic acids is 2. The Balaban J connectivity index is 1.73. The van der Waals surface area contributed by atoms with Gasteiger partial charge in [0.15, 0.2) is 0 Å². The van der Waals surface area contributed by atoms with E-state index < -0.39 is 23.5 Å². The van der Waals surface area contributed by atoms with Crippen LogP contribution >= 0.6 is 0 Å². The van der Waals surface area contributed by atoms with Gasteiger partial charge in [-0.3, -0.25) is 14.5 Å². The van der Waals surface area contributed by atoms with Crippen molar-refractivity contribution < 1.29 is 28.6 Å². The molecule has 0 saturated carbocycles. The third-order valence-corrected chi connectivity index (χ3v) is 6.43. The molecule has 0 aliphatic carbocycles. The lowest BCUT2D eigenvalue weighted by molar-refractivity contribution is -0.140. The van der Waals surface area contributed by atoms with Crippen LogP contribution in [0.3, 0.4) is 0 Å². The Hall–Kier alpha value is -3.23. The lowest BCUT2D eigenvalue weighted by atomic mass is 9.93. The van der Waals surface area contributed by atoms with E-state index in [1.807, 2.05) is 6.92 Å². The van der Waals surface area contributed by atoms with Crippen LogP contribution in [0, 0.1) is 12.7 Å². The lowest BCUT2D eigenvalue weighted by Gasteiger charge is -2.31. The number of hydrogen-bond donors (Lipinski definition) is 1. The van der Waals surface area contributed by atoms with Crippen LogP contribution in [-0.4, -0.2) is 72.6 Å². The number of ether oxygens (including phenoxy) is 2. The van der Waals surface area contributed by atoms with Crippen LogP contribution in [0.4, 0.5) is 4.39 Å². The molecule has 0 bridgehead atoms. The van der Waals surface area contributed by atoms with Crippen molar-refractivity contribution in [2.45, 2.75) is 26.3 Å². The molecule has 2 aromatic carbocycles. The summed E-state index contributed by atoms with van der Waals surface area (Å²) in [6.45, 7) is 7.76. The third-order valence-electron chi connectivity index (χ3n) is 6.43. The average molecular weight is 483 g/mol. The van der Waals surface area contributed by atoms with Gasteiger partial charge < -0.3 is 19.5 Å². The van der Waals surface area contributed by atoms with Gasteiger partial charge in [-0.25, -0.2) is 4.39 Å². The molecule has 2 fully saturated rings. The molecule has 2 aliphatic rings. The van der Waals surface area contributed by atoms with E-state index in [9.17, 15) is 19.1 Å². The second-order valence-corrected chi connectivity index (χ2v) is 8.79. The number of Topliss-reactive ketones (excluding diaryl/α,β-unsaturated/α-hetero) is 1. The molecule has 0 spiro atoms. The highest BCUT2D eigenvalue weighted by Crippen LogP contribution is 2.40. The first-order chi connectivity index (χ1) is 16.9. The molecule has 0 radical (unpaired) electrons. The molecule has 2 aromatic rings. The quantitative estimate of drug-likeness (QED) is 0.351. The molecule has 4 rings (SSSR count). The molecule has 186 valence electrons. The van der Waals surface area contributed by atoms with Crippen LogP contribution in [0.5, 0.6) is 5.75 Å². The Morgan fingerprint density at radius 3 is 2.57 bits per heavy atom. The maximum Gasteiger partial charge on any atom is 0.295 e. The maximum atomic E-state index is 15.0. The lowest BCUT2D eigenvalue weighted by Crippen LogP contribution is -2.42. The molecule has 2 aliphatic heterocycles. The number of likely N-dealkylation sites (tertiary alicyclic amines) is 1. The zero-order chi connectivity index (χ0) is 24.9. The van der Waals surface area contributed by atoms with Gasteiger partial charge in [0.05, 0.1) is 31.4 Å². The first-order valence-electron chi connectivity index (χ1n) is 12.0. The summed E-state index contributed by atoms with van der Waals surface area (Å²) in [4.78, 5) is 29.8. The van der Waals surface area contributed by atoms with Gasteiger partial charge in [0.1, 0.15) is 17.3 Å². The Morgan fingerprint density at radius 2 is 1.89 bits per heavy atom. The van der Waals surface area contributed by atoms with Crippen molar-refractivity contribution in [3.63, 3.8) is 0 Å². The van der Waals surface area contributed by atoms with E-state index in [0.29, 0.717) is 43.2 Å². The molecule has 1 N–H and O–H groups in total. The number of benzene rings is 2. The van der Waals surface area contributed by atoms with Gasteiger partial charge in [-0.15, -0.1) is 0 Å². The Morgan fingerprint density at radius 1 is 1.14 bits per heavy atom. The highest BCUT2D eigenvalue weighted by Gasteiger charge is 2.47. The van der Waals surface area contributed by atoms with Gasteiger partial charge in [-0.1, -0.05) is 25.1 Å². The summed E-state index contributed by atoms with van der Waals surface area (Å²) >= 11 is 0. The van der Waals surface area contributed by atoms with Crippen LogP contribution in [0.25, 0.3) is 5.76 Å². The summed E-state index contributed by atoms with van der Waals surface area (Å²) in [5.74, 6) is -1.76. The topological polar surface area (TPSA) is 79.3 Å². The fourth-order valence-corrected chi connectivity index (χ4v) is 4.56. The Bertz CT molecular complexity index is 1130. The van der Waals surface area contributed by atoms with Crippen molar-refractivity contribution in [2.75, 3.05) is 46.0 Å². The molecule has 7 nitrogen and oxygen atoms in total. The second kappa shape index (κ2) is 11.0. The van der Waals surface area contributed by atoms with Crippen LogP contribution < -0.4 is 4.74 Å². The minimum atomic E-state index is -1.02. The van der Waals surface area contributed by atoms with Crippen LogP contribution in [0.2, 0.25) is 0 Å². The first-order valence-corrected chi connectivity index (χ1v) is 12.0. The summed E-state index contributed by atoms with van der Waals surface area (Å²) in [7, 11) is 0. The summed E-state index contributed by atoms with van der Waals surface area (Å²) in [5.41, 5.74) is 1.16. The third kappa shape index (κ3) is 5.23. The molecule has 8 heteroatoms. The number of rotatable bonds is 8. The fraction of sp³-hybridized carbons (Fsp3) is 0.407. The highest BCUT2D eigenvalue weighted by atomic mass is 19.1. The molecule has 2 saturated heterocycles. The van der Waals surface area contributed by atoms with Crippen molar-refractivity contribution in [3.8, 4) is 5.75 Å². The van der Waals surface area contributed by atoms with Crippen LogP contribution in [-0.2, 0) is 14.3 Å². The van der Waals surface area contributed by atoms with Gasteiger partial charge in [0.2, 0.25) is 0 Å². The van der Waals surface area contributed by atoms with E-state index in [0.717, 1.165) is 19.5 Å². The average Bonchev–Trinajstić information content (AvgIpc) is 3.11. The zero-order valence-electron chi connectivity index (χ0n) is 20.1. The standard InChI is InChI=1S/C27H31FN2O5/c1-3-14-35-19-8-9-20(18(2)17-19)25(31)23-24(21-6-4-5-7-22(21)28)30(27(33)26(23)32)11-10-29-12-15-34-16-13-29/h4-9,17,24,31H,3,10-16H2,1-2H3/t24-/m0/s1. The normalized spacial score (nSPS) is 20.4. The predicted octanol–water partition coefficient (Wildman–Crippen LogP) is 3.68. The molecule has 0 unspecified atom stereocenters. The molecule has 0 aromatic heterocycles. The highest BCUT2D eigenvalue weighted by molar-refractivity contribution is 6.46. The van der Waals surface area contributed by atoms with Crippen molar-refractivity contribution in [1.82, 2.24) is 9.80 Å². The van der Waals surface area contributed by atoms with Crippen molar-refractivity contribution in [2.24, 2.45) is 0 Å². The molecule has 1 atom stereocenters. The zero-order valence-corrected chi connectivity index (χ0v) is 20.1. The Kier molecular flexibility index (Phi) is 7.83. The van der Waals surface area contributed by atoms with Gasteiger partial charge in [-0.05, 0) is 43.2 Å². The number of ketones is 1. The number of amides is 1. The number of carbonyl (C=O) groups is 2. The number of hydrogen-bond acceptors (Lipinski definition) is 6. The van der Waals surface area contributed by atoms with Gasteiger partial charge in [-0.2, -0.15) is 0 Å². The number of aryl methyl sites for hydroxylation is 1. The van der Waals surface area contributed by atoms with Crippen LogP contribution in [0.1, 0.15) is 36.1 Å². The minimum Gasteiger partial charge on any atom is -0.507 e. The van der Waals surface area contributed by atoms with Gasteiger partial charge in [0, 0.05) is 37.3 Å². The number of halogens is 1. The van der Waals surface area contributed by atoms with E-state index in [1.54, 1.807) is 43.3 Å². The summed E-state index contributed by atoms with van der Waals surface area (Å²) in [6.07, 6.45) is 0.858. The van der Waals surface area contributed by atoms with E-state index in [2.05, 4.69) is 4.90 Å². The van der Waals surface area contributed by atoms with Gasteiger partial charge in [0.25, 0.3) is 11.7 Å². The minimum absolute atomic E-state index is 0.104. The van der Waals surface area contributed by atoms with Crippen molar-refractivity contribution in [3.05, 3.63) is 70.5 Å². The molecule has 1 amide bonds. The second-order valence-electron chi connectivity index (χ2n) is 8.79. The van der Waals surface area contributed by atoms with Crippen molar-refractivity contribution in [1.29, 1.82) is 0 Å². The summed E-state index contributed by atoms with van der Waals surface area (Å²) < 4.78 is 26.0. The smallest absolute Gasteiger partial charge is 0.295 e. The molecule has 2 heterocycles. The largest absolute Gasteiger partial charge is 0.507 e.